The highest BCUT2D eigenvalue weighted by Gasteiger charge is 2.10. The zero-order chi connectivity index (χ0) is 12.3. The Bertz CT molecular complexity index is 509. The quantitative estimate of drug-likeness (QED) is 0.862. The van der Waals surface area contributed by atoms with Crippen molar-refractivity contribution < 1.29 is 4.79 Å². The number of rotatable bonds is 3. The fraction of sp³-hybridized carbons (Fsp3) is 0.182. The van der Waals surface area contributed by atoms with Crippen LogP contribution in [0.2, 0.25) is 0 Å². The van der Waals surface area contributed by atoms with E-state index in [0.717, 1.165) is 11.3 Å². The molecule has 6 heteroatoms. The van der Waals surface area contributed by atoms with Crippen LogP contribution in [0.5, 0.6) is 0 Å². The summed E-state index contributed by atoms with van der Waals surface area (Å²) >= 11 is 1.36. The lowest BCUT2D eigenvalue weighted by atomic mass is 10.2. The first-order valence-electron chi connectivity index (χ1n) is 5.09. The van der Waals surface area contributed by atoms with Crippen molar-refractivity contribution in [3.63, 3.8) is 0 Å². The van der Waals surface area contributed by atoms with Gasteiger partial charge in [0, 0.05) is 23.3 Å². The minimum absolute atomic E-state index is 0.239. The van der Waals surface area contributed by atoms with Crippen LogP contribution in [0.25, 0.3) is 11.3 Å². The van der Waals surface area contributed by atoms with E-state index in [9.17, 15) is 4.79 Å². The topological polar surface area (TPSA) is 80.9 Å². The van der Waals surface area contributed by atoms with Crippen LogP contribution in [0.4, 0.5) is 5.13 Å². The molecule has 0 spiro atoms. The van der Waals surface area contributed by atoms with Crippen LogP contribution >= 0.6 is 11.3 Å². The molecule has 2 aromatic heterocycles. The highest BCUT2D eigenvalue weighted by Crippen LogP contribution is 2.23. The van der Waals surface area contributed by atoms with E-state index < -0.39 is 6.04 Å². The number of carbonyl (C=O) groups excluding carboxylic acids is 1. The molecule has 0 fully saturated rings. The largest absolute Gasteiger partial charge is 0.320 e. The Kier molecular flexibility index (Phi) is 3.46. The lowest BCUT2D eigenvalue weighted by molar-refractivity contribution is -0.117. The molecule has 17 heavy (non-hydrogen) atoms. The van der Waals surface area contributed by atoms with Gasteiger partial charge in [0.1, 0.15) is 0 Å². The van der Waals surface area contributed by atoms with E-state index in [0.29, 0.717) is 5.13 Å². The molecule has 3 N–H and O–H groups in total. The van der Waals surface area contributed by atoms with Gasteiger partial charge >= 0.3 is 0 Å². The molecule has 0 aliphatic heterocycles. The molecule has 88 valence electrons. The van der Waals surface area contributed by atoms with Crippen LogP contribution in [0, 0.1) is 0 Å². The van der Waals surface area contributed by atoms with Gasteiger partial charge in [-0.2, -0.15) is 0 Å². The summed E-state index contributed by atoms with van der Waals surface area (Å²) in [5.41, 5.74) is 7.17. The summed E-state index contributed by atoms with van der Waals surface area (Å²) < 4.78 is 0. The molecule has 2 heterocycles. The molecule has 1 amide bonds. The smallest absolute Gasteiger partial charge is 0.242 e. The summed E-state index contributed by atoms with van der Waals surface area (Å²) in [4.78, 5) is 19.7. The summed E-state index contributed by atoms with van der Waals surface area (Å²) in [6, 6.07) is 3.22. The molecule has 0 aliphatic rings. The van der Waals surface area contributed by atoms with Crippen LogP contribution in [0.15, 0.2) is 29.9 Å². The summed E-state index contributed by atoms with van der Waals surface area (Å²) in [7, 11) is 0. The van der Waals surface area contributed by atoms with Crippen LogP contribution < -0.4 is 11.1 Å². The van der Waals surface area contributed by atoms with Crippen LogP contribution in [0.3, 0.4) is 0 Å². The third kappa shape index (κ3) is 2.86. The van der Waals surface area contributed by atoms with Crippen molar-refractivity contribution in [3.8, 4) is 11.3 Å². The molecule has 2 aromatic rings. The number of aromatic nitrogens is 2. The van der Waals surface area contributed by atoms with E-state index in [1.165, 1.54) is 11.3 Å². The first kappa shape index (κ1) is 11.7. The second-order valence-corrected chi connectivity index (χ2v) is 4.42. The average Bonchev–Trinajstić information content (AvgIpc) is 2.78. The number of carbonyl (C=O) groups is 1. The molecule has 0 bridgehead atoms. The van der Waals surface area contributed by atoms with E-state index in [1.807, 2.05) is 17.5 Å². The highest BCUT2D eigenvalue weighted by molar-refractivity contribution is 7.14. The Labute approximate surface area is 103 Å². The minimum Gasteiger partial charge on any atom is -0.320 e. The van der Waals surface area contributed by atoms with Crippen LogP contribution in [0.1, 0.15) is 6.92 Å². The van der Waals surface area contributed by atoms with Crippen molar-refractivity contribution in [1.82, 2.24) is 9.97 Å². The molecular weight excluding hydrogens is 236 g/mol. The van der Waals surface area contributed by atoms with Crippen molar-refractivity contribution in [2.45, 2.75) is 13.0 Å². The van der Waals surface area contributed by atoms with Gasteiger partial charge in [0.25, 0.3) is 0 Å². The average molecular weight is 248 g/mol. The second-order valence-electron chi connectivity index (χ2n) is 3.56. The van der Waals surface area contributed by atoms with Gasteiger partial charge in [-0.25, -0.2) is 4.98 Å². The molecule has 1 unspecified atom stereocenters. The molecule has 0 aliphatic carbocycles. The molecule has 0 radical (unpaired) electrons. The Hall–Kier alpha value is -1.79. The lowest BCUT2D eigenvalue weighted by Gasteiger charge is -2.03. The normalized spacial score (nSPS) is 12.1. The first-order chi connectivity index (χ1) is 8.16. The fourth-order valence-corrected chi connectivity index (χ4v) is 1.92. The van der Waals surface area contributed by atoms with Crippen molar-refractivity contribution in [2.24, 2.45) is 5.73 Å². The maximum Gasteiger partial charge on any atom is 0.242 e. The zero-order valence-corrected chi connectivity index (χ0v) is 10.1. The first-order valence-corrected chi connectivity index (χ1v) is 5.97. The zero-order valence-electron chi connectivity index (χ0n) is 9.25. The number of hydrogen-bond acceptors (Lipinski definition) is 5. The fourth-order valence-electron chi connectivity index (χ4n) is 1.20. The van der Waals surface area contributed by atoms with E-state index >= 15 is 0 Å². The third-order valence-electron chi connectivity index (χ3n) is 2.11. The van der Waals surface area contributed by atoms with Crippen LogP contribution in [-0.4, -0.2) is 21.9 Å². The molecular formula is C11H12N4OS. The molecule has 5 nitrogen and oxygen atoms in total. The number of thiazole rings is 1. The van der Waals surface area contributed by atoms with Crippen molar-refractivity contribution in [2.75, 3.05) is 5.32 Å². The maximum atomic E-state index is 11.4. The maximum absolute atomic E-state index is 11.4. The predicted octanol–water partition coefficient (Wildman–Crippen LogP) is 1.49. The number of pyridine rings is 1. The summed E-state index contributed by atoms with van der Waals surface area (Å²) in [6.07, 6.45) is 3.43. The van der Waals surface area contributed by atoms with Crippen molar-refractivity contribution in [3.05, 3.63) is 29.9 Å². The minimum atomic E-state index is -0.541. The van der Waals surface area contributed by atoms with Crippen molar-refractivity contribution >= 4 is 22.4 Å². The number of nitrogens with zero attached hydrogens (tertiary/aromatic N) is 2. The summed E-state index contributed by atoms with van der Waals surface area (Å²) in [5.74, 6) is -0.239. The van der Waals surface area contributed by atoms with Gasteiger partial charge in [0.15, 0.2) is 5.13 Å². The van der Waals surface area contributed by atoms with Crippen LogP contribution in [-0.2, 0) is 4.79 Å². The Morgan fingerprint density at radius 1 is 1.59 bits per heavy atom. The predicted molar refractivity (Wildman–Crippen MR) is 67.6 cm³/mol. The highest BCUT2D eigenvalue weighted by atomic mass is 32.1. The Morgan fingerprint density at radius 2 is 2.41 bits per heavy atom. The Morgan fingerprint density at radius 3 is 3.06 bits per heavy atom. The van der Waals surface area contributed by atoms with Gasteiger partial charge in [-0.1, -0.05) is 0 Å². The van der Waals surface area contributed by atoms with E-state index in [4.69, 9.17) is 5.73 Å². The van der Waals surface area contributed by atoms with E-state index in [-0.39, 0.29) is 5.91 Å². The third-order valence-corrected chi connectivity index (χ3v) is 2.86. The van der Waals surface area contributed by atoms with Gasteiger partial charge < -0.3 is 11.1 Å². The number of nitrogens with one attached hydrogen (secondary N) is 1. The van der Waals surface area contributed by atoms with E-state index in [2.05, 4.69) is 15.3 Å². The molecule has 1 atom stereocenters. The molecule has 0 saturated carbocycles. The second kappa shape index (κ2) is 5.03. The van der Waals surface area contributed by atoms with Gasteiger partial charge in [-0.15, -0.1) is 11.3 Å². The number of amides is 1. The molecule has 0 aromatic carbocycles. The summed E-state index contributed by atoms with van der Waals surface area (Å²) in [5, 5.41) is 5.07. The molecule has 2 rings (SSSR count). The van der Waals surface area contributed by atoms with Crippen molar-refractivity contribution in [1.29, 1.82) is 0 Å². The van der Waals surface area contributed by atoms with Gasteiger partial charge in [-0.3, -0.25) is 9.78 Å². The Balaban J connectivity index is 2.14. The van der Waals surface area contributed by atoms with Gasteiger partial charge in [0.2, 0.25) is 5.91 Å². The van der Waals surface area contributed by atoms with Gasteiger partial charge in [0.05, 0.1) is 11.7 Å². The standard InChI is InChI=1S/C11H12N4OS/c1-7(12)10(16)15-11-14-9(6-17-11)8-3-2-4-13-5-8/h2-7H,12H2,1H3,(H,14,15,16). The summed E-state index contributed by atoms with van der Waals surface area (Å²) in [6.45, 7) is 1.63. The lowest BCUT2D eigenvalue weighted by Crippen LogP contribution is -2.32. The number of anilines is 1. The van der Waals surface area contributed by atoms with Gasteiger partial charge in [-0.05, 0) is 19.1 Å². The molecule has 0 saturated heterocycles. The number of hydrogen-bond donors (Lipinski definition) is 2. The van der Waals surface area contributed by atoms with E-state index in [1.54, 1.807) is 19.3 Å². The SMILES string of the molecule is CC(N)C(=O)Nc1nc(-c2cccnc2)cs1. The monoisotopic (exact) mass is 248 g/mol. The number of nitrogens with two attached hydrogens (primary N) is 1.